The first-order chi connectivity index (χ1) is 8.15. The Morgan fingerprint density at radius 2 is 2.06 bits per heavy atom. The molecule has 0 saturated carbocycles. The van der Waals surface area contributed by atoms with Crippen LogP contribution in [0.4, 0.5) is 0 Å². The van der Waals surface area contributed by atoms with Crippen LogP contribution < -0.4 is 5.32 Å². The fourth-order valence-electron chi connectivity index (χ4n) is 2.22. The highest BCUT2D eigenvalue weighted by Crippen LogP contribution is 2.38. The van der Waals surface area contributed by atoms with Crippen molar-refractivity contribution < 1.29 is 9.53 Å². The minimum Gasteiger partial charge on any atom is -0.469 e. The lowest BCUT2D eigenvalue weighted by molar-refractivity contribution is -0.145. The number of hydrogen-bond donors (Lipinski definition) is 1. The molecule has 1 aromatic rings. The SMILES string of the molecule is COC(=O)[C@H]1CCN[C@H]1c1c(Cl)cccc1Cl. The number of esters is 1. The summed E-state index contributed by atoms with van der Waals surface area (Å²) in [5, 5.41) is 4.40. The second kappa shape index (κ2) is 5.25. The second-order valence-corrected chi connectivity index (χ2v) is 4.80. The van der Waals surface area contributed by atoms with Crippen LogP contribution in [-0.2, 0) is 9.53 Å². The molecule has 0 spiro atoms. The molecule has 1 fully saturated rings. The van der Waals surface area contributed by atoms with Gasteiger partial charge in [0.2, 0.25) is 0 Å². The van der Waals surface area contributed by atoms with Crippen molar-refractivity contribution in [2.75, 3.05) is 13.7 Å². The van der Waals surface area contributed by atoms with Gasteiger partial charge >= 0.3 is 5.97 Å². The van der Waals surface area contributed by atoms with Gasteiger partial charge in [-0.25, -0.2) is 0 Å². The van der Waals surface area contributed by atoms with E-state index in [0.29, 0.717) is 10.0 Å². The molecule has 1 aliphatic heterocycles. The van der Waals surface area contributed by atoms with Gasteiger partial charge in [0.1, 0.15) is 0 Å². The van der Waals surface area contributed by atoms with Gasteiger partial charge in [-0.2, -0.15) is 0 Å². The van der Waals surface area contributed by atoms with Crippen LogP contribution in [0.3, 0.4) is 0 Å². The largest absolute Gasteiger partial charge is 0.469 e. The molecule has 0 aromatic heterocycles. The number of benzene rings is 1. The molecule has 1 saturated heterocycles. The predicted molar refractivity (Wildman–Crippen MR) is 67.3 cm³/mol. The van der Waals surface area contributed by atoms with Crippen molar-refractivity contribution in [2.24, 2.45) is 5.92 Å². The highest BCUT2D eigenvalue weighted by atomic mass is 35.5. The van der Waals surface area contributed by atoms with Gasteiger partial charge in [-0.3, -0.25) is 4.79 Å². The number of nitrogens with one attached hydrogen (secondary N) is 1. The molecule has 1 aromatic carbocycles. The summed E-state index contributed by atoms with van der Waals surface area (Å²) in [4.78, 5) is 11.7. The molecule has 0 aliphatic carbocycles. The average Bonchev–Trinajstić information content (AvgIpc) is 2.77. The number of ether oxygens (including phenoxy) is 1. The molecule has 1 aliphatic rings. The van der Waals surface area contributed by atoms with Gasteiger partial charge in [0.05, 0.1) is 13.0 Å². The first-order valence-electron chi connectivity index (χ1n) is 5.40. The first-order valence-corrected chi connectivity index (χ1v) is 6.16. The normalized spacial score (nSPS) is 23.7. The summed E-state index contributed by atoms with van der Waals surface area (Å²) in [5.41, 5.74) is 0.781. The molecule has 1 heterocycles. The monoisotopic (exact) mass is 273 g/mol. The number of rotatable bonds is 2. The van der Waals surface area contributed by atoms with Crippen molar-refractivity contribution in [3.63, 3.8) is 0 Å². The van der Waals surface area contributed by atoms with Crippen LogP contribution in [0.1, 0.15) is 18.0 Å². The second-order valence-electron chi connectivity index (χ2n) is 3.99. The maximum absolute atomic E-state index is 11.7. The maximum Gasteiger partial charge on any atom is 0.310 e. The zero-order valence-electron chi connectivity index (χ0n) is 9.37. The van der Waals surface area contributed by atoms with Crippen LogP contribution in [0, 0.1) is 5.92 Å². The Balaban J connectivity index is 2.36. The van der Waals surface area contributed by atoms with E-state index < -0.39 is 0 Å². The lowest BCUT2D eigenvalue weighted by Crippen LogP contribution is -2.25. The highest BCUT2D eigenvalue weighted by molar-refractivity contribution is 6.36. The van der Waals surface area contributed by atoms with Crippen LogP contribution >= 0.6 is 23.2 Å². The van der Waals surface area contributed by atoms with E-state index in [2.05, 4.69) is 5.32 Å². The van der Waals surface area contributed by atoms with Gasteiger partial charge < -0.3 is 10.1 Å². The third kappa shape index (κ3) is 2.41. The molecule has 0 radical (unpaired) electrons. The average molecular weight is 274 g/mol. The van der Waals surface area contributed by atoms with Crippen molar-refractivity contribution >= 4 is 29.2 Å². The van der Waals surface area contributed by atoms with E-state index in [9.17, 15) is 4.79 Å². The third-order valence-corrected chi connectivity index (χ3v) is 3.70. The molecule has 0 amide bonds. The molecule has 0 bridgehead atoms. The van der Waals surface area contributed by atoms with E-state index in [1.54, 1.807) is 18.2 Å². The Labute approximate surface area is 110 Å². The lowest BCUT2D eigenvalue weighted by Gasteiger charge is -2.20. The Morgan fingerprint density at radius 3 is 2.65 bits per heavy atom. The van der Waals surface area contributed by atoms with E-state index in [4.69, 9.17) is 27.9 Å². The molecular formula is C12H13Cl2NO2. The fraction of sp³-hybridized carbons (Fsp3) is 0.417. The first kappa shape index (κ1) is 12.7. The van der Waals surface area contributed by atoms with E-state index in [-0.39, 0.29) is 17.9 Å². The molecule has 92 valence electrons. The van der Waals surface area contributed by atoms with Crippen molar-refractivity contribution in [2.45, 2.75) is 12.5 Å². The van der Waals surface area contributed by atoms with Gasteiger partial charge in [0.25, 0.3) is 0 Å². The predicted octanol–water partition coefficient (Wildman–Crippen LogP) is 2.82. The maximum atomic E-state index is 11.7. The topological polar surface area (TPSA) is 38.3 Å². The zero-order valence-corrected chi connectivity index (χ0v) is 10.9. The van der Waals surface area contributed by atoms with Crippen LogP contribution in [0.15, 0.2) is 18.2 Å². The lowest BCUT2D eigenvalue weighted by atomic mass is 9.94. The number of hydrogen-bond acceptors (Lipinski definition) is 3. The Kier molecular flexibility index (Phi) is 3.92. The van der Waals surface area contributed by atoms with E-state index in [1.807, 2.05) is 0 Å². The molecule has 0 unspecified atom stereocenters. The van der Waals surface area contributed by atoms with Crippen LogP contribution in [0.5, 0.6) is 0 Å². The summed E-state index contributed by atoms with van der Waals surface area (Å²) in [5.74, 6) is -0.451. The van der Waals surface area contributed by atoms with Crippen molar-refractivity contribution in [1.82, 2.24) is 5.32 Å². The summed E-state index contributed by atoms with van der Waals surface area (Å²) in [6.45, 7) is 0.756. The summed E-state index contributed by atoms with van der Waals surface area (Å²) < 4.78 is 4.80. The molecule has 1 N–H and O–H groups in total. The zero-order chi connectivity index (χ0) is 12.4. The van der Waals surface area contributed by atoms with Gasteiger partial charge in [-0.15, -0.1) is 0 Å². The van der Waals surface area contributed by atoms with Crippen LogP contribution in [-0.4, -0.2) is 19.6 Å². The van der Waals surface area contributed by atoms with Gasteiger partial charge in [0.15, 0.2) is 0 Å². The third-order valence-electron chi connectivity index (χ3n) is 3.04. The minimum absolute atomic E-state index is 0.163. The summed E-state index contributed by atoms with van der Waals surface area (Å²) in [7, 11) is 1.39. The summed E-state index contributed by atoms with van der Waals surface area (Å²) in [6, 6.07) is 5.17. The molecular weight excluding hydrogens is 261 g/mol. The fourth-order valence-corrected chi connectivity index (χ4v) is 2.85. The van der Waals surface area contributed by atoms with Gasteiger partial charge in [-0.05, 0) is 25.1 Å². The molecule has 2 atom stereocenters. The summed E-state index contributed by atoms with van der Waals surface area (Å²) in [6.07, 6.45) is 0.735. The van der Waals surface area contributed by atoms with Crippen molar-refractivity contribution in [3.05, 3.63) is 33.8 Å². The molecule has 5 heteroatoms. The quantitative estimate of drug-likeness (QED) is 0.843. The summed E-state index contributed by atoms with van der Waals surface area (Å²) >= 11 is 12.3. The van der Waals surface area contributed by atoms with Gasteiger partial charge in [-0.1, -0.05) is 29.3 Å². The molecule has 17 heavy (non-hydrogen) atoms. The smallest absolute Gasteiger partial charge is 0.310 e. The Hall–Kier alpha value is -0.770. The number of carbonyl (C=O) groups excluding carboxylic acids is 1. The Morgan fingerprint density at radius 1 is 1.41 bits per heavy atom. The molecule has 3 nitrogen and oxygen atoms in total. The Bertz CT molecular complexity index is 416. The standard InChI is InChI=1S/C12H13Cl2NO2/c1-17-12(16)7-5-6-15-11(7)10-8(13)3-2-4-9(10)14/h2-4,7,11,15H,5-6H2,1H3/t7-,11+/m0/s1. The van der Waals surface area contributed by atoms with E-state index in [1.165, 1.54) is 7.11 Å². The number of carbonyl (C=O) groups is 1. The number of methoxy groups -OCH3 is 1. The molecule has 2 rings (SSSR count). The van der Waals surface area contributed by atoms with E-state index >= 15 is 0 Å². The minimum atomic E-state index is -0.226. The van der Waals surface area contributed by atoms with Crippen LogP contribution in [0.2, 0.25) is 10.0 Å². The van der Waals surface area contributed by atoms with Crippen molar-refractivity contribution in [1.29, 1.82) is 0 Å². The van der Waals surface area contributed by atoms with Gasteiger partial charge in [0, 0.05) is 21.7 Å². The number of halogens is 2. The van der Waals surface area contributed by atoms with E-state index in [0.717, 1.165) is 18.5 Å². The van der Waals surface area contributed by atoms with Crippen LogP contribution in [0.25, 0.3) is 0 Å². The highest BCUT2D eigenvalue weighted by Gasteiger charge is 2.36. The van der Waals surface area contributed by atoms with Crippen molar-refractivity contribution in [3.8, 4) is 0 Å².